The third kappa shape index (κ3) is 3.71. The van der Waals surface area contributed by atoms with E-state index in [1.165, 1.54) is 0 Å². The first-order valence-corrected chi connectivity index (χ1v) is 6.97. The monoisotopic (exact) mass is 362 g/mol. The van der Waals surface area contributed by atoms with Gasteiger partial charge < -0.3 is 11.1 Å². The average Bonchev–Trinajstić information content (AvgIpc) is 2.21. The maximum absolute atomic E-state index is 11.9. The fourth-order valence-corrected chi connectivity index (χ4v) is 2.62. The number of rotatable bonds is 3. The molecule has 0 heterocycles. The Balaban J connectivity index is 2.93. The van der Waals surface area contributed by atoms with E-state index < -0.39 is 0 Å². The topological polar surface area (TPSA) is 55.1 Å². The lowest BCUT2D eigenvalue weighted by atomic mass is 9.97. The molecule has 0 radical (unpaired) electrons. The minimum absolute atomic E-state index is 0.0188. The van der Waals surface area contributed by atoms with Crippen molar-refractivity contribution in [3.63, 3.8) is 0 Å². The molecule has 1 aromatic carbocycles. The third-order valence-corrected chi connectivity index (χ3v) is 3.83. The number of halogens is 2. The van der Waals surface area contributed by atoms with E-state index in [2.05, 4.69) is 37.2 Å². The van der Waals surface area contributed by atoms with Crippen LogP contribution < -0.4 is 11.1 Å². The van der Waals surface area contributed by atoms with Crippen LogP contribution in [0.4, 0.5) is 11.4 Å². The molecule has 1 rings (SSSR count). The second-order valence-electron chi connectivity index (χ2n) is 4.37. The Morgan fingerprint density at radius 1 is 1.29 bits per heavy atom. The lowest BCUT2D eigenvalue weighted by Gasteiger charge is -2.17. The van der Waals surface area contributed by atoms with Gasteiger partial charge in [0.2, 0.25) is 5.91 Å². The molecule has 0 bridgehead atoms. The highest BCUT2D eigenvalue weighted by atomic mass is 79.9. The molecule has 0 spiro atoms. The third-order valence-electron chi connectivity index (χ3n) is 2.75. The number of carbonyl (C=O) groups excluding carboxylic acids is 1. The first-order valence-electron chi connectivity index (χ1n) is 5.38. The summed E-state index contributed by atoms with van der Waals surface area (Å²) in [5.41, 5.74) is 7.04. The molecule has 3 nitrogen and oxygen atoms in total. The summed E-state index contributed by atoms with van der Waals surface area (Å²) in [6, 6.07) is 3.62. The number of nitrogens with one attached hydrogen (secondary N) is 1. The van der Waals surface area contributed by atoms with Crippen molar-refractivity contribution in [2.75, 3.05) is 11.1 Å². The van der Waals surface area contributed by atoms with Crippen LogP contribution in [0.5, 0.6) is 0 Å². The smallest absolute Gasteiger partial charge is 0.227 e. The number of benzene rings is 1. The van der Waals surface area contributed by atoms with Crippen LogP contribution in [0.1, 0.15) is 20.8 Å². The molecular weight excluding hydrogens is 348 g/mol. The van der Waals surface area contributed by atoms with E-state index in [1.807, 2.05) is 26.8 Å². The molecule has 1 unspecified atom stereocenters. The first-order chi connectivity index (χ1) is 7.82. The van der Waals surface area contributed by atoms with Gasteiger partial charge in [0.1, 0.15) is 0 Å². The Hall–Kier alpha value is -0.550. The summed E-state index contributed by atoms with van der Waals surface area (Å²) in [5, 5.41) is 2.86. The lowest BCUT2D eigenvalue weighted by molar-refractivity contribution is -0.120. The summed E-state index contributed by atoms with van der Waals surface area (Å²) in [7, 11) is 0. The van der Waals surface area contributed by atoms with E-state index in [0.29, 0.717) is 17.3 Å². The molecule has 1 amide bonds. The number of anilines is 2. The Bertz CT molecular complexity index is 410. The largest absolute Gasteiger partial charge is 0.397 e. The first kappa shape index (κ1) is 14.5. The maximum atomic E-state index is 11.9. The molecule has 0 fully saturated rings. The van der Waals surface area contributed by atoms with Gasteiger partial charge in [0.25, 0.3) is 0 Å². The van der Waals surface area contributed by atoms with Crippen LogP contribution >= 0.6 is 31.9 Å². The SMILES string of the molecule is CC(C)C(C)C(=O)Nc1c(N)cc(Br)cc1Br. The second-order valence-corrected chi connectivity index (χ2v) is 6.14. The highest BCUT2D eigenvalue weighted by Crippen LogP contribution is 2.33. The molecule has 0 saturated heterocycles. The molecule has 0 aromatic heterocycles. The standard InChI is InChI=1S/C12H16Br2N2O/c1-6(2)7(3)12(17)16-11-9(14)4-8(13)5-10(11)15/h4-7H,15H2,1-3H3,(H,16,17). The molecule has 0 aliphatic carbocycles. The van der Waals surface area contributed by atoms with Gasteiger partial charge in [-0.25, -0.2) is 0 Å². The van der Waals surface area contributed by atoms with E-state index in [9.17, 15) is 4.79 Å². The second kappa shape index (κ2) is 5.87. The summed E-state index contributed by atoms with van der Waals surface area (Å²) in [6.07, 6.45) is 0. The molecule has 3 N–H and O–H groups in total. The molecular formula is C12H16Br2N2O. The van der Waals surface area contributed by atoms with Crippen molar-refractivity contribution < 1.29 is 4.79 Å². The molecule has 0 aliphatic rings. The van der Waals surface area contributed by atoms with Gasteiger partial charge in [-0.3, -0.25) is 4.79 Å². The van der Waals surface area contributed by atoms with Gasteiger partial charge >= 0.3 is 0 Å². The van der Waals surface area contributed by atoms with Gasteiger partial charge in [0.15, 0.2) is 0 Å². The van der Waals surface area contributed by atoms with Crippen LogP contribution in [-0.4, -0.2) is 5.91 Å². The Kier molecular flexibility index (Phi) is 5.01. The van der Waals surface area contributed by atoms with Gasteiger partial charge in [-0.05, 0) is 34.0 Å². The summed E-state index contributed by atoms with van der Waals surface area (Å²) in [4.78, 5) is 11.9. The lowest BCUT2D eigenvalue weighted by Crippen LogP contribution is -2.25. The number of nitrogen functional groups attached to an aromatic ring is 1. The van der Waals surface area contributed by atoms with Crippen molar-refractivity contribution in [1.82, 2.24) is 0 Å². The van der Waals surface area contributed by atoms with Gasteiger partial charge in [-0.15, -0.1) is 0 Å². The van der Waals surface area contributed by atoms with E-state index >= 15 is 0 Å². The van der Waals surface area contributed by atoms with Crippen molar-refractivity contribution in [2.45, 2.75) is 20.8 Å². The minimum atomic E-state index is -0.0510. The zero-order valence-electron chi connectivity index (χ0n) is 10.1. The zero-order valence-corrected chi connectivity index (χ0v) is 13.2. The molecule has 0 aliphatic heterocycles. The highest BCUT2D eigenvalue weighted by Gasteiger charge is 2.18. The predicted molar refractivity (Wildman–Crippen MR) is 78.9 cm³/mol. The molecule has 5 heteroatoms. The van der Waals surface area contributed by atoms with E-state index in [-0.39, 0.29) is 11.8 Å². The van der Waals surface area contributed by atoms with Crippen molar-refractivity contribution in [2.24, 2.45) is 11.8 Å². The van der Waals surface area contributed by atoms with E-state index in [4.69, 9.17) is 5.73 Å². The summed E-state index contributed by atoms with van der Waals surface area (Å²) in [6.45, 7) is 5.94. The summed E-state index contributed by atoms with van der Waals surface area (Å²) < 4.78 is 1.64. The number of hydrogen-bond acceptors (Lipinski definition) is 2. The Morgan fingerprint density at radius 3 is 2.35 bits per heavy atom. The fourth-order valence-electron chi connectivity index (χ4n) is 1.27. The van der Waals surface area contributed by atoms with Crippen LogP contribution in [0.15, 0.2) is 21.1 Å². The highest BCUT2D eigenvalue weighted by molar-refractivity contribution is 9.11. The maximum Gasteiger partial charge on any atom is 0.227 e. The number of hydrogen-bond donors (Lipinski definition) is 2. The Labute approximate surface area is 118 Å². The molecule has 94 valence electrons. The molecule has 1 aromatic rings. The summed E-state index contributed by atoms with van der Waals surface area (Å²) in [5.74, 6) is 0.227. The van der Waals surface area contributed by atoms with Crippen LogP contribution in [0.3, 0.4) is 0 Å². The summed E-state index contributed by atoms with van der Waals surface area (Å²) >= 11 is 6.73. The van der Waals surface area contributed by atoms with Crippen LogP contribution in [-0.2, 0) is 4.79 Å². The van der Waals surface area contributed by atoms with Crippen molar-refractivity contribution in [1.29, 1.82) is 0 Å². The number of nitrogens with two attached hydrogens (primary N) is 1. The van der Waals surface area contributed by atoms with Crippen molar-refractivity contribution >= 4 is 49.1 Å². The van der Waals surface area contributed by atoms with Crippen LogP contribution in [0.2, 0.25) is 0 Å². The predicted octanol–water partition coefficient (Wildman–Crippen LogP) is 4.02. The normalized spacial score (nSPS) is 12.6. The van der Waals surface area contributed by atoms with Gasteiger partial charge in [-0.1, -0.05) is 36.7 Å². The van der Waals surface area contributed by atoms with E-state index in [1.54, 1.807) is 6.07 Å². The van der Waals surface area contributed by atoms with Crippen LogP contribution in [0.25, 0.3) is 0 Å². The van der Waals surface area contributed by atoms with Crippen molar-refractivity contribution in [3.05, 3.63) is 21.1 Å². The number of amides is 1. The molecule has 0 saturated carbocycles. The fraction of sp³-hybridized carbons (Fsp3) is 0.417. The van der Waals surface area contributed by atoms with Gasteiger partial charge in [0, 0.05) is 14.9 Å². The average molecular weight is 364 g/mol. The van der Waals surface area contributed by atoms with Gasteiger partial charge in [0.05, 0.1) is 11.4 Å². The van der Waals surface area contributed by atoms with E-state index in [0.717, 1.165) is 8.95 Å². The Morgan fingerprint density at radius 2 is 1.88 bits per heavy atom. The van der Waals surface area contributed by atoms with Gasteiger partial charge in [-0.2, -0.15) is 0 Å². The minimum Gasteiger partial charge on any atom is -0.397 e. The zero-order chi connectivity index (χ0) is 13.2. The quantitative estimate of drug-likeness (QED) is 0.796. The molecule has 17 heavy (non-hydrogen) atoms. The molecule has 1 atom stereocenters. The van der Waals surface area contributed by atoms with Crippen molar-refractivity contribution in [3.8, 4) is 0 Å². The number of carbonyl (C=O) groups is 1. The van der Waals surface area contributed by atoms with Crippen LogP contribution in [0, 0.1) is 11.8 Å².